The zero-order chi connectivity index (χ0) is 16.0. The van der Waals surface area contributed by atoms with E-state index in [0.717, 1.165) is 6.07 Å². The van der Waals surface area contributed by atoms with Crippen LogP contribution in [0, 0.1) is 11.6 Å². The highest BCUT2D eigenvalue weighted by Crippen LogP contribution is 2.23. The first-order chi connectivity index (χ1) is 9.81. The maximum absolute atomic E-state index is 13.9. The highest BCUT2D eigenvalue weighted by molar-refractivity contribution is 7.91. The second-order valence-electron chi connectivity index (χ2n) is 4.50. The van der Waals surface area contributed by atoms with Crippen molar-refractivity contribution in [1.29, 1.82) is 0 Å². The maximum atomic E-state index is 13.9. The Kier molecular flexibility index (Phi) is 6.22. The lowest BCUT2D eigenvalue weighted by atomic mass is 10.2. The highest BCUT2D eigenvalue weighted by Gasteiger charge is 2.26. The van der Waals surface area contributed by atoms with Crippen molar-refractivity contribution < 1.29 is 32.2 Å². The fourth-order valence-corrected chi connectivity index (χ4v) is 3.29. The zero-order valence-corrected chi connectivity index (χ0v) is 12.0. The average molecular weight is 322 g/mol. The second-order valence-corrected chi connectivity index (χ2v) is 6.57. The molecule has 118 valence electrons. The number of sulfone groups is 1. The molecule has 1 aromatic rings. The van der Waals surface area contributed by atoms with E-state index in [0.29, 0.717) is 25.3 Å². The third kappa shape index (κ3) is 4.47. The van der Waals surface area contributed by atoms with Crippen LogP contribution >= 0.6 is 0 Å². The van der Waals surface area contributed by atoms with Gasteiger partial charge in [-0.25, -0.2) is 22.0 Å². The SMILES string of the molecule is O=C(O)c1c(F)ccc(S(=O)(=O)CCCCCCO)c1F. The molecular formula is C13H16F2O5S. The number of halogens is 2. The number of carboxylic acids is 1. The van der Waals surface area contributed by atoms with E-state index in [1.54, 1.807) is 0 Å². The van der Waals surface area contributed by atoms with Gasteiger partial charge in [0.05, 0.1) is 5.75 Å². The minimum Gasteiger partial charge on any atom is -0.477 e. The molecule has 0 aliphatic heterocycles. The van der Waals surface area contributed by atoms with E-state index in [1.807, 2.05) is 0 Å². The van der Waals surface area contributed by atoms with Crippen LogP contribution in [-0.2, 0) is 9.84 Å². The molecule has 0 aliphatic carbocycles. The van der Waals surface area contributed by atoms with Crippen molar-refractivity contribution in [3.63, 3.8) is 0 Å². The van der Waals surface area contributed by atoms with Crippen LogP contribution in [0.2, 0.25) is 0 Å². The molecule has 0 saturated heterocycles. The lowest BCUT2D eigenvalue weighted by Gasteiger charge is -2.08. The number of aliphatic hydroxyl groups excluding tert-OH is 1. The van der Waals surface area contributed by atoms with Crippen molar-refractivity contribution in [2.24, 2.45) is 0 Å². The quantitative estimate of drug-likeness (QED) is 0.564. The lowest BCUT2D eigenvalue weighted by Crippen LogP contribution is -2.14. The Labute approximate surface area is 121 Å². The van der Waals surface area contributed by atoms with Crippen LogP contribution in [-0.4, -0.2) is 37.0 Å². The molecule has 8 heteroatoms. The van der Waals surface area contributed by atoms with E-state index >= 15 is 0 Å². The van der Waals surface area contributed by atoms with Gasteiger partial charge in [0.15, 0.2) is 15.7 Å². The first kappa shape index (κ1) is 17.5. The Morgan fingerprint density at radius 3 is 2.29 bits per heavy atom. The second kappa shape index (κ2) is 7.46. The lowest BCUT2D eigenvalue weighted by molar-refractivity contribution is 0.0685. The zero-order valence-electron chi connectivity index (χ0n) is 11.2. The number of aromatic carboxylic acids is 1. The van der Waals surface area contributed by atoms with Gasteiger partial charge in [0, 0.05) is 6.61 Å². The number of hydrogen-bond donors (Lipinski definition) is 2. The number of rotatable bonds is 8. The standard InChI is InChI=1S/C13H16F2O5S/c14-9-5-6-10(12(15)11(9)13(17)18)21(19,20)8-4-2-1-3-7-16/h5-6,16H,1-4,7-8H2,(H,17,18). The molecule has 21 heavy (non-hydrogen) atoms. The smallest absolute Gasteiger partial charge is 0.341 e. The summed E-state index contributed by atoms with van der Waals surface area (Å²) in [5.41, 5.74) is -1.27. The normalized spacial score (nSPS) is 11.6. The molecule has 1 rings (SSSR count). The number of aliphatic hydroxyl groups is 1. The van der Waals surface area contributed by atoms with Gasteiger partial charge in [0.2, 0.25) is 0 Å². The molecule has 0 unspecified atom stereocenters. The summed E-state index contributed by atoms with van der Waals surface area (Å²) in [6.45, 7) is 0.0152. The summed E-state index contributed by atoms with van der Waals surface area (Å²) in [6.07, 6.45) is 1.97. The third-order valence-corrected chi connectivity index (χ3v) is 4.74. The molecule has 0 fully saturated rings. The van der Waals surface area contributed by atoms with Gasteiger partial charge < -0.3 is 10.2 Å². The Morgan fingerprint density at radius 1 is 1.10 bits per heavy atom. The van der Waals surface area contributed by atoms with E-state index in [9.17, 15) is 22.0 Å². The van der Waals surface area contributed by atoms with E-state index in [-0.39, 0.29) is 18.8 Å². The van der Waals surface area contributed by atoms with Gasteiger partial charge in [-0.3, -0.25) is 0 Å². The minimum atomic E-state index is -4.02. The molecule has 0 atom stereocenters. The summed E-state index contributed by atoms with van der Waals surface area (Å²) in [7, 11) is -4.02. The van der Waals surface area contributed by atoms with E-state index < -0.39 is 37.9 Å². The van der Waals surface area contributed by atoms with Gasteiger partial charge in [0.1, 0.15) is 16.3 Å². The summed E-state index contributed by atoms with van der Waals surface area (Å²) in [4.78, 5) is 9.95. The first-order valence-corrected chi connectivity index (χ1v) is 8.01. The minimum absolute atomic E-state index is 0.0152. The molecule has 5 nitrogen and oxygen atoms in total. The monoisotopic (exact) mass is 322 g/mol. The molecule has 0 saturated carbocycles. The van der Waals surface area contributed by atoms with Crippen LogP contribution in [0.3, 0.4) is 0 Å². The molecule has 0 heterocycles. The predicted octanol–water partition coefficient (Wildman–Crippen LogP) is 1.99. The molecule has 0 bridgehead atoms. The van der Waals surface area contributed by atoms with Crippen LogP contribution in [0.1, 0.15) is 36.0 Å². The molecule has 0 radical (unpaired) electrons. The van der Waals surface area contributed by atoms with Gasteiger partial charge >= 0.3 is 5.97 Å². The summed E-state index contributed by atoms with van der Waals surface area (Å²) in [5.74, 6) is -5.11. The van der Waals surface area contributed by atoms with Crippen molar-refractivity contribution in [3.05, 3.63) is 29.3 Å². The maximum Gasteiger partial charge on any atom is 0.341 e. The van der Waals surface area contributed by atoms with Crippen LogP contribution in [0.4, 0.5) is 8.78 Å². The van der Waals surface area contributed by atoms with Crippen molar-refractivity contribution in [3.8, 4) is 0 Å². The van der Waals surface area contributed by atoms with Crippen LogP contribution < -0.4 is 0 Å². The van der Waals surface area contributed by atoms with Crippen LogP contribution in [0.25, 0.3) is 0 Å². The summed E-state index contributed by atoms with van der Waals surface area (Å²) >= 11 is 0. The molecule has 0 aliphatic rings. The molecule has 0 aromatic heterocycles. The highest BCUT2D eigenvalue weighted by atomic mass is 32.2. The van der Waals surface area contributed by atoms with Gasteiger partial charge in [-0.15, -0.1) is 0 Å². The van der Waals surface area contributed by atoms with Crippen molar-refractivity contribution in [2.75, 3.05) is 12.4 Å². The molecular weight excluding hydrogens is 306 g/mol. The third-order valence-electron chi connectivity index (χ3n) is 2.93. The Balaban J connectivity index is 2.94. The average Bonchev–Trinajstić information content (AvgIpc) is 2.37. The number of hydrogen-bond acceptors (Lipinski definition) is 4. The van der Waals surface area contributed by atoms with Crippen LogP contribution in [0.5, 0.6) is 0 Å². The van der Waals surface area contributed by atoms with Gasteiger partial charge in [-0.2, -0.15) is 0 Å². The molecule has 0 amide bonds. The van der Waals surface area contributed by atoms with E-state index in [1.165, 1.54) is 0 Å². The Morgan fingerprint density at radius 2 is 1.71 bits per heavy atom. The van der Waals surface area contributed by atoms with Crippen molar-refractivity contribution in [1.82, 2.24) is 0 Å². The first-order valence-electron chi connectivity index (χ1n) is 6.36. The van der Waals surface area contributed by atoms with E-state index in [4.69, 9.17) is 10.2 Å². The van der Waals surface area contributed by atoms with E-state index in [2.05, 4.69) is 0 Å². The Bertz CT molecular complexity index is 613. The number of unbranched alkanes of at least 4 members (excludes halogenated alkanes) is 3. The molecule has 1 aromatic carbocycles. The van der Waals surface area contributed by atoms with Gasteiger partial charge in [-0.1, -0.05) is 12.8 Å². The Hall–Kier alpha value is -1.54. The summed E-state index contributed by atoms with van der Waals surface area (Å²) in [5, 5.41) is 17.3. The summed E-state index contributed by atoms with van der Waals surface area (Å²) < 4.78 is 51.0. The predicted molar refractivity (Wildman–Crippen MR) is 70.9 cm³/mol. The van der Waals surface area contributed by atoms with Crippen molar-refractivity contribution >= 4 is 15.8 Å². The summed E-state index contributed by atoms with van der Waals surface area (Å²) in [6, 6.07) is 1.37. The number of benzene rings is 1. The number of carboxylic acid groups (broad SMARTS) is 1. The van der Waals surface area contributed by atoms with Crippen LogP contribution in [0.15, 0.2) is 17.0 Å². The molecule has 2 N–H and O–H groups in total. The number of carbonyl (C=O) groups is 1. The van der Waals surface area contributed by atoms with Crippen molar-refractivity contribution in [2.45, 2.75) is 30.6 Å². The fraction of sp³-hybridized carbons (Fsp3) is 0.462. The van der Waals surface area contributed by atoms with Gasteiger partial charge in [0.25, 0.3) is 0 Å². The van der Waals surface area contributed by atoms with Gasteiger partial charge in [-0.05, 0) is 25.0 Å². The molecule has 0 spiro atoms. The fourth-order valence-electron chi connectivity index (χ4n) is 1.84. The largest absolute Gasteiger partial charge is 0.477 e. The topological polar surface area (TPSA) is 91.7 Å².